The molecule has 2 heterocycles. The molecular formula is C41H30BNO3. The van der Waals surface area contributed by atoms with Gasteiger partial charge in [-0.05, 0) is 81.8 Å². The number of furan rings is 1. The minimum atomic E-state index is -1.20. The van der Waals surface area contributed by atoms with Gasteiger partial charge in [-0.1, -0.05) is 105 Å². The average Bonchev–Trinajstić information content (AvgIpc) is 3.66. The summed E-state index contributed by atoms with van der Waals surface area (Å²) in [5, 5.41) is 13.7. The first kappa shape index (κ1) is 26.2. The molecule has 0 saturated carbocycles. The largest absolute Gasteiger partial charge is 0.495 e. The van der Waals surface area contributed by atoms with Gasteiger partial charge in [-0.2, -0.15) is 0 Å². The van der Waals surface area contributed by atoms with Crippen LogP contribution in [-0.2, 0) is 15.7 Å². The lowest BCUT2D eigenvalue weighted by molar-refractivity contribution is 0.112. The van der Waals surface area contributed by atoms with Crippen LogP contribution in [-0.4, -0.2) is 12.1 Å². The number of rotatable bonds is 1. The zero-order chi connectivity index (χ0) is 30.9. The number of hydrogen-bond donors (Lipinski definition) is 1. The topological polar surface area (TPSA) is 45.8 Å². The second kappa shape index (κ2) is 8.79. The Morgan fingerprint density at radius 2 is 1.15 bits per heavy atom. The summed E-state index contributed by atoms with van der Waals surface area (Å²) in [4.78, 5) is 2.32. The predicted octanol–water partition coefficient (Wildman–Crippen LogP) is 9.32. The zero-order valence-corrected chi connectivity index (χ0v) is 25.8. The first-order valence-electron chi connectivity index (χ1n) is 15.9. The second-order valence-corrected chi connectivity index (χ2v) is 13.5. The molecule has 1 N–H and O–H groups in total. The molecule has 1 aliphatic heterocycles. The lowest BCUT2D eigenvalue weighted by atomic mass is 9.76. The van der Waals surface area contributed by atoms with Crippen molar-refractivity contribution in [1.82, 2.24) is 0 Å². The molecule has 1 unspecified atom stereocenters. The summed E-state index contributed by atoms with van der Waals surface area (Å²) in [7, 11) is -1.20. The van der Waals surface area contributed by atoms with Gasteiger partial charge in [0.2, 0.25) is 0 Å². The molecular weight excluding hydrogens is 565 g/mol. The summed E-state index contributed by atoms with van der Waals surface area (Å²) in [6.45, 7) is 6.71. The molecule has 220 valence electrons. The second-order valence-electron chi connectivity index (χ2n) is 13.5. The number of fused-ring (bicyclic) bond motifs is 8. The molecule has 0 fully saturated rings. The summed E-state index contributed by atoms with van der Waals surface area (Å²) >= 11 is 0. The van der Waals surface area contributed by atoms with Gasteiger partial charge < -0.3 is 19.0 Å². The van der Waals surface area contributed by atoms with Crippen LogP contribution in [0.4, 0.5) is 17.1 Å². The van der Waals surface area contributed by atoms with Gasteiger partial charge in [0, 0.05) is 33.0 Å². The van der Waals surface area contributed by atoms with Crippen molar-refractivity contribution in [2.75, 3.05) is 4.90 Å². The van der Waals surface area contributed by atoms with Crippen molar-refractivity contribution < 1.29 is 14.1 Å². The molecule has 4 bridgehead atoms. The highest BCUT2D eigenvalue weighted by Crippen LogP contribution is 2.54. The first-order chi connectivity index (χ1) is 22.3. The van der Waals surface area contributed by atoms with E-state index in [9.17, 15) is 5.02 Å². The van der Waals surface area contributed by atoms with Gasteiger partial charge in [0.25, 0.3) is 0 Å². The Morgan fingerprint density at radius 1 is 0.565 bits per heavy atom. The van der Waals surface area contributed by atoms with Crippen LogP contribution in [0, 0.1) is 0 Å². The Hall–Kier alpha value is -5.10. The summed E-state index contributed by atoms with van der Waals surface area (Å²) in [6.07, 6.45) is 0. The summed E-state index contributed by atoms with van der Waals surface area (Å²) in [6, 6.07) is 42.9. The Morgan fingerprint density at radius 3 is 1.91 bits per heavy atom. The fourth-order valence-electron chi connectivity index (χ4n) is 8.45. The lowest BCUT2D eigenvalue weighted by Gasteiger charge is -2.32. The third-order valence-corrected chi connectivity index (χ3v) is 10.7. The predicted molar refractivity (Wildman–Crippen MR) is 187 cm³/mol. The van der Waals surface area contributed by atoms with Crippen molar-refractivity contribution in [3.05, 3.63) is 144 Å². The molecule has 0 spiro atoms. The highest BCUT2D eigenvalue weighted by atomic mass is 16.5. The van der Waals surface area contributed by atoms with Crippen LogP contribution in [0.1, 0.15) is 43.0 Å². The standard InChI is InChI=1S/C41H30BNO3/c1-40(2)32-14-6-4-10-26(32)28-20-18-24(22-34(28)40)43-25-19-21-29-27-11-5-7-15-33(27)41(3,35(29)23-25)46-42(44)36-16-8-12-30-31-13-9-17-37(43)39(31)45-38(30)36/h4-23,44H,1-3H3. The number of anilines is 3. The molecule has 46 heavy (non-hydrogen) atoms. The summed E-state index contributed by atoms with van der Waals surface area (Å²) in [5.74, 6) is 0. The Kier molecular flexibility index (Phi) is 5.00. The fraction of sp³-hybridized carbons (Fsp3) is 0.122. The van der Waals surface area contributed by atoms with E-state index in [-0.39, 0.29) is 5.41 Å². The molecule has 3 aliphatic rings. The van der Waals surface area contributed by atoms with Crippen LogP contribution >= 0.6 is 0 Å². The van der Waals surface area contributed by atoms with Crippen LogP contribution in [0.2, 0.25) is 0 Å². The molecule has 7 aromatic rings. The first-order valence-corrected chi connectivity index (χ1v) is 15.9. The maximum absolute atomic E-state index is 11.8. The van der Waals surface area contributed by atoms with Gasteiger partial charge in [-0.3, -0.25) is 0 Å². The maximum Gasteiger partial charge on any atom is 0.495 e. The van der Waals surface area contributed by atoms with E-state index >= 15 is 0 Å². The van der Waals surface area contributed by atoms with E-state index in [1.807, 2.05) is 18.2 Å². The van der Waals surface area contributed by atoms with E-state index in [4.69, 9.17) is 9.07 Å². The SMILES string of the molecule is CC1(C)c2ccccc2-c2ccc(N3c4ccc5c(c4)C(C)(OB(O)c4cccc6c4oc4c3cccc46)c3ccccc3-5)cc21. The molecule has 1 atom stereocenters. The average molecular weight is 596 g/mol. The van der Waals surface area contributed by atoms with Gasteiger partial charge in [0.15, 0.2) is 5.58 Å². The lowest BCUT2D eigenvalue weighted by Crippen LogP contribution is -2.42. The molecule has 2 aliphatic carbocycles. The van der Waals surface area contributed by atoms with E-state index in [1.54, 1.807) is 0 Å². The van der Waals surface area contributed by atoms with E-state index in [2.05, 4.69) is 129 Å². The molecule has 0 amide bonds. The van der Waals surface area contributed by atoms with Crippen LogP contribution < -0.4 is 10.4 Å². The Bertz CT molecular complexity index is 2440. The number of nitrogens with zero attached hydrogens (tertiary/aromatic N) is 1. The molecule has 4 nitrogen and oxygen atoms in total. The molecule has 1 aromatic heterocycles. The van der Waals surface area contributed by atoms with Crippen molar-refractivity contribution in [3.8, 4) is 22.3 Å². The van der Waals surface area contributed by atoms with Gasteiger partial charge in [-0.25, -0.2) is 0 Å². The third-order valence-electron chi connectivity index (χ3n) is 10.7. The van der Waals surface area contributed by atoms with Crippen molar-refractivity contribution >= 4 is 51.6 Å². The quantitative estimate of drug-likeness (QED) is 0.192. The molecule has 10 rings (SSSR count). The minimum Gasteiger partial charge on any atom is -0.454 e. The van der Waals surface area contributed by atoms with E-state index < -0.39 is 12.7 Å². The van der Waals surface area contributed by atoms with E-state index in [0.29, 0.717) is 11.0 Å². The Labute approximate surface area is 267 Å². The summed E-state index contributed by atoms with van der Waals surface area (Å²) in [5.41, 5.74) is 13.5. The highest BCUT2D eigenvalue weighted by molar-refractivity contribution is 6.63. The summed E-state index contributed by atoms with van der Waals surface area (Å²) < 4.78 is 13.5. The molecule has 5 heteroatoms. The normalized spacial score (nSPS) is 18.5. The van der Waals surface area contributed by atoms with Crippen LogP contribution in [0.3, 0.4) is 0 Å². The monoisotopic (exact) mass is 595 g/mol. The molecule has 0 saturated heterocycles. The maximum atomic E-state index is 11.8. The van der Waals surface area contributed by atoms with Gasteiger partial charge >= 0.3 is 7.12 Å². The van der Waals surface area contributed by atoms with Crippen molar-refractivity contribution in [2.24, 2.45) is 0 Å². The highest BCUT2D eigenvalue weighted by Gasteiger charge is 2.44. The number of para-hydroxylation sites is 2. The van der Waals surface area contributed by atoms with Gasteiger partial charge in [0.1, 0.15) is 11.2 Å². The van der Waals surface area contributed by atoms with Crippen LogP contribution in [0.25, 0.3) is 44.2 Å². The third kappa shape index (κ3) is 3.21. The smallest absolute Gasteiger partial charge is 0.454 e. The van der Waals surface area contributed by atoms with Crippen molar-refractivity contribution in [3.63, 3.8) is 0 Å². The van der Waals surface area contributed by atoms with Gasteiger partial charge in [-0.15, -0.1) is 0 Å². The fourth-order valence-corrected chi connectivity index (χ4v) is 8.45. The van der Waals surface area contributed by atoms with E-state index in [1.165, 1.54) is 22.3 Å². The zero-order valence-electron chi connectivity index (χ0n) is 25.8. The van der Waals surface area contributed by atoms with Crippen LogP contribution in [0.5, 0.6) is 0 Å². The minimum absolute atomic E-state index is 0.142. The number of benzene rings is 6. The van der Waals surface area contributed by atoms with E-state index in [0.717, 1.165) is 55.7 Å². The van der Waals surface area contributed by atoms with Gasteiger partial charge in [0.05, 0.1) is 5.69 Å². The van der Waals surface area contributed by atoms with Crippen molar-refractivity contribution in [2.45, 2.75) is 31.8 Å². The molecule has 6 aromatic carbocycles. The van der Waals surface area contributed by atoms with Crippen molar-refractivity contribution in [1.29, 1.82) is 0 Å². The Balaban J connectivity index is 1.30. The number of hydrogen-bond acceptors (Lipinski definition) is 4. The molecule has 0 radical (unpaired) electrons. The van der Waals surface area contributed by atoms with Crippen LogP contribution in [0.15, 0.2) is 126 Å².